The molecule has 124 valence electrons. The topological polar surface area (TPSA) is 72.7 Å². The zero-order valence-corrected chi connectivity index (χ0v) is 13.3. The minimum absolute atomic E-state index is 0.311. The van der Waals surface area contributed by atoms with Crippen LogP contribution < -0.4 is 10.6 Å². The predicted molar refractivity (Wildman–Crippen MR) is 86.0 cm³/mol. The quantitative estimate of drug-likeness (QED) is 0.398. The van der Waals surface area contributed by atoms with E-state index in [1.54, 1.807) is 13.2 Å². The van der Waals surface area contributed by atoms with E-state index in [1.165, 1.54) is 0 Å². The molecule has 1 aromatic rings. The maximum absolute atomic E-state index is 5.63. The molecule has 2 heterocycles. The average molecular weight is 309 g/mol. The fraction of sp³-hybridized carbons (Fsp3) is 0.733. The second-order valence-electron chi connectivity index (χ2n) is 5.29. The summed E-state index contributed by atoms with van der Waals surface area (Å²) in [5.74, 6) is 0.819. The van der Waals surface area contributed by atoms with Crippen LogP contribution in [-0.2, 0) is 16.0 Å². The lowest BCUT2D eigenvalue weighted by Gasteiger charge is -2.13. The highest BCUT2D eigenvalue weighted by Gasteiger charge is 2.14. The van der Waals surface area contributed by atoms with Crippen LogP contribution in [0, 0.1) is 0 Å². The molecule has 2 N–H and O–H groups in total. The molecule has 22 heavy (non-hydrogen) atoms. The molecule has 1 aromatic heterocycles. The van der Waals surface area contributed by atoms with Gasteiger partial charge in [-0.2, -0.15) is 0 Å². The summed E-state index contributed by atoms with van der Waals surface area (Å²) in [5, 5.41) is 6.55. The number of hydrogen-bond donors (Lipinski definition) is 2. The lowest BCUT2D eigenvalue weighted by Crippen LogP contribution is -2.39. The van der Waals surface area contributed by atoms with Gasteiger partial charge in [0.2, 0.25) is 0 Å². The molecule has 0 bridgehead atoms. The van der Waals surface area contributed by atoms with Gasteiger partial charge in [-0.1, -0.05) is 0 Å². The summed E-state index contributed by atoms with van der Waals surface area (Å²) in [6.45, 7) is 4.88. The van der Waals surface area contributed by atoms with E-state index < -0.39 is 0 Å². The zero-order chi connectivity index (χ0) is 15.5. The molecule has 7 nitrogen and oxygen atoms in total. The number of nitrogens with one attached hydrogen (secondary N) is 2. The summed E-state index contributed by atoms with van der Waals surface area (Å²) < 4.78 is 13.2. The van der Waals surface area contributed by atoms with Crippen molar-refractivity contribution in [1.29, 1.82) is 0 Å². The third kappa shape index (κ3) is 6.44. The van der Waals surface area contributed by atoms with E-state index in [4.69, 9.17) is 9.47 Å². The Morgan fingerprint density at radius 3 is 3.09 bits per heavy atom. The summed E-state index contributed by atoms with van der Waals surface area (Å²) >= 11 is 0. The first kappa shape index (κ1) is 16.8. The molecule has 0 aromatic carbocycles. The van der Waals surface area contributed by atoms with Crippen molar-refractivity contribution in [3.8, 4) is 0 Å². The highest BCUT2D eigenvalue weighted by atomic mass is 16.5. The maximum Gasteiger partial charge on any atom is 0.191 e. The number of aromatic nitrogens is 2. The van der Waals surface area contributed by atoms with Crippen molar-refractivity contribution in [1.82, 2.24) is 20.2 Å². The first-order valence-corrected chi connectivity index (χ1v) is 7.98. The van der Waals surface area contributed by atoms with Crippen LogP contribution in [-0.4, -0.2) is 61.6 Å². The fourth-order valence-corrected chi connectivity index (χ4v) is 2.31. The van der Waals surface area contributed by atoms with Gasteiger partial charge in [-0.3, -0.25) is 4.99 Å². The van der Waals surface area contributed by atoms with Gasteiger partial charge in [0.25, 0.3) is 0 Å². The largest absolute Gasteiger partial charge is 0.379 e. The molecule has 1 saturated heterocycles. The van der Waals surface area contributed by atoms with Gasteiger partial charge in [-0.15, -0.1) is 0 Å². The lowest BCUT2D eigenvalue weighted by molar-refractivity contribution is 0.0168. The highest BCUT2D eigenvalue weighted by molar-refractivity contribution is 5.79. The number of aliphatic imine (C=N–C) groups is 1. The smallest absolute Gasteiger partial charge is 0.191 e. The molecule has 0 amide bonds. The van der Waals surface area contributed by atoms with Gasteiger partial charge in [-0.05, 0) is 19.3 Å². The van der Waals surface area contributed by atoms with Gasteiger partial charge >= 0.3 is 0 Å². The minimum Gasteiger partial charge on any atom is -0.379 e. The van der Waals surface area contributed by atoms with Crippen molar-refractivity contribution in [3.63, 3.8) is 0 Å². The van der Waals surface area contributed by atoms with E-state index in [0.29, 0.717) is 6.10 Å². The maximum atomic E-state index is 5.63. The SMILES string of the molecule is CN=C(NCCCOCC1CCCO1)NCCn1ccnc1. The van der Waals surface area contributed by atoms with Gasteiger partial charge in [-0.25, -0.2) is 4.98 Å². The minimum atomic E-state index is 0.311. The summed E-state index contributed by atoms with van der Waals surface area (Å²) in [7, 11) is 1.78. The predicted octanol–water partition coefficient (Wildman–Crippen LogP) is 0.634. The van der Waals surface area contributed by atoms with Crippen LogP contribution in [0.2, 0.25) is 0 Å². The Bertz CT molecular complexity index is 416. The van der Waals surface area contributed by atoms with Crippen molar-refractivity contribution in [2.75, 3.05) is 40.0 Å². The standard InChI is InChI=1S/C15H27N5O2/c1-16-15(19-7-9-20-8-6-17-13-20)18-5-3-10-21-12-14-4-2-11-22-14/h6,8,13-14H,2-5,7,9-12H2,1H3,(H2,16,18,19). The van der Waals surface area contributed by atoms with E-state index in [2.05, 4.69) is 20.6 Å². The third-order valence-electron chi connectivity index (χ3n) is 3.53. The van der Waals surface area contributed by atoms with Crippen LogP contribution >= 0.6 is 0 Å². The van der Waals surface area contributed by atoms with Crippen LogP contribution in [0.4, 0.5) is 0 Å². The fourth-order valence-electron chi connectivity index (χ4n) is 2.31. The van der Waals surface area contributed by atoms with Gasteiger partial charge in [0.05, 0.1) is 19.0 Å². The number of nitrogens with zero attached hydrogens (tertiary/aromatic N) is 3. The van der Waals surface area contributed by atoms with Crippen LogP contribution in [0.15, 0.2) is 23.7 Å². The van der Waals surface area contributed by atoms with E-state index in [1.807, 2.05) is 17.1 Å². The molecule has 0 aliphatic carbocycles. The second kappa shape index (κ2) is 10.2. The van der Waals surface area contributed by atoms with E-state index in [9.17, 15) is 0 Å². The molecule has 1 fully saturated rings. The number of hydrogen-bond acceptors (Lipinski definition) is 4. The first-order valence-electron chi connectivity index (χ1n) is 7.98. The Balaban J connectivity index is 1.45. The summed E-state index contributed by atoms with van der Waals surface area (Å²) in [4.78, 5) is 8.21. The number of rotatable bonds is 9. The molecular weight excluding hydrogens is 282 g/mol. The van der Waals surface area contributed by atoms with E-state index >= 15 is 0 Å². The van der Waals surface area contributed by atoms with Crippen molar-refractivity contribution < 1.29 is 9.47 Å². The Hall–Kier alpha value is -1.60. The molecule has 1 unspecified atom stereocenters. The Kier molecular flexibility index (Phi) is 7.76. The molecule has 0 saturated carbocycles. The highest BCUT2D eigenvalue weighted by Crippen LogP contribution is 2.11. The van der Waals surface area contributed by atoms with E-state index in [-0.39, 0.29) is 0 Å². The Morgan fingerprint density at radius 2 is 2.36 bits per heavy atom. The summed E-state index contributed by atoms with van der Waals surface area (Å²) in [6.07, 6.45) is 9.10. The van der Waals surface area contributed by atoms with Crippen molar-refractivity contribution in [3.05, 3.63) is 18.7 Å². The molecule has 1 atom stereocenters. The molecule has 7 heteroatoms. The lowest BCUT2D eigenvalue weighted by atomic mass is 10.2. The summed E-state index contributed by atoms with van der Waals surface area (Å²) in [6, 6.07) is 0. The molecule has 0 spiro atoms. The zero-order valence-electron chi connectivity index (χ0n) is 13.3. The van der Waals surface area contributed by atoms with Crippen molar-refractivity contribution in [2.45, 2.75) is 31.9 Å². The van der Waals surface area contributed by atoms with Crippen LogP contribution in [0.3, 0.4) is 0 Å². The first-order chi connectivity index (χ1) is 10.9. The Morgan fingerprint density at radius 1 is 1.45 bits per heavy atom. The monoisotopic (exact) mass is 309 g/mol. The third-order valence-corrected chi connectivity index (χ3v) is 3.53. The number of ether oxygens (including phenoxy) is 2. The molecular formula is C15H27N5O2. The molecule has 0 radical (unpaired) electrons. The number of imidazole rings is 1. The Labute approximate surface area is 132 Å². The van der Waals surface area contributed by atoms with Gasteiger partial charge in [0.1, 0.15) is 0 Å². The molecule has 1 aliphatic heterocycles. The van der Waals surface area contributed by atoms with Crippen LogP contribution in [0.1, 0.15) is 19.3 Å². The van der Waals surface area contributed by atoms with Crippen LogP contribution in [0.5, 0.6) is 0 Å². The van der Waals surface area contributed by atoms with Gasteiger partial charge < -0.3 is 24.7 Å². The van der Waals surface area contributed by atoms with Crippen molar-refractivity contribution >= 4 is 5.96 Å². The van der Waals surface area contributed by atoms with Crippen molar-refractivity contribution in [2.24, 2.45) is 4.99 Å². The molecule has 1 aliphatic rings. The second-order valence-corrected chi connectivity index (χ2v) is 5.29. The van der Waals surface area contributed by atoms with E-state index in [0.717, 1.165) is 64.7 Å². The van der Waals surface area contributed by atoms with Gasteiger partial charge in [0, 0.05) is 52.3 Å². The average Bonchev–Trinajstić information content (AvgIpc) is 3.22. The number of guanidine groups is 1. The normalized spacial score (nSPS) is 18.6. The van der Waals surface area contributed by atoms with Crippen LogP contribution in [0.25, 0.3) is 0 Å². The van der Waals surface area contributed by atoms with Gasteiger partial charge in [0.15, 0.2) is 5.96 Å². The molecule has 2 rings (SSSR count). The summed E-state index contributed by atoms with van der Waals surface area (Å²) in [5.41, 5.74) is 0.